The second-order valence-corrected chi connectivity index (χ2v) is 3.49. The standard InChI is InChI=1S/C8H7ClN2S.Na.H/c1-11-4-5-6(10-11)2-3-7(12)8(5)9;;/h2-4,12H,1H3;;. The fourth-order valence-electron chi connectivity index (χ4n) is 1.17. The van der Waals surface area contributed by atoms with Crippen molar-refractivity contribution in [2.24, 2.45) is 7.05 Å². The molecule has 1 heterocycles. The predicted molar refractivity (Wildman–Crippen MR) is 60.1 cm³/mol. The molecule has 64 valence electrons. The van der Waals surface area contributed by atoms with Gasteiger partial charge in [-0.2, -0.15) is 5.10 Å². The molecule has 0 saturated carbocycles. The Kier molecular flexibility index (Phi) is 3.72. The van der Waals surface area contributed by atoms with Gasteiger partial charge in [0.15, 0.2) is 0 Å². The fourth-order valence-corrected chi connectivity index (χ4v) is 1.57. The molecule has 2 rings (SSSR count). The van der Waals surface area contributed by atoms with Crippen molar-refractivity contribution in [2.75, 3.05) is 0 Å². The van der Waals surface area contributed by atoms with E-state index in [1.165, 1.54) is 0 Å². The van der Waals surface area contributed by atoms with Crippen LogP contribution in [0.3, 0.4) is 0 Å². The minimum absolute atomic E-state index is 0. The van der Waals surface area contributed by atoms with E-state index in [9.17, 15) is 0 Å². The molecule has 2 aromatic rings. The molecule has 0 unspecified atom stereocenters. The minimum atomic E-state index is 0. The molecule has 2 nitrogen and oxygen atoms in total. The molecule has 0 radical (unpaired) electrons. The summed E-state index contributed by atoms with van der Waals surface area (Å²) in [6.07, 6.45) is 1.89. The Morgan fingerprint density at radius 1 is 1.46 bits per heavy atom. The maximum absolute atomic E-state index is 6.01. The van der Waals surface area contributed by atoms with E-state index in [4.69, 9.17) is 11.6 Å². The van der Waals surface area contributed by atoms with Crippen molar-refractivity contribution in [3.05, 3.63) is 23.4 Å². The van der Waals surface area contributed by atoms with Crippen LogP contribution >= 0.6 is 24.2 Å². The Bertz CT molecular complexity index is 441. The Labute approximate surface area is 109 Å². The molecule has 13 heavy (non-hydrogen) atoms. The number of benzene rings is 1. The summed E-state index contributed by atoms with van der Waals surface area (Å²) < 4.78 is 1.74. The third kappa shape index (κ3) is 2.05. The van der Waals surface area contributed by atoms with Gasteiger partial charge in [-0.15, -0.1) is 12.6 Å². The van der Waals surface area contributed by atoms with Crippen molar-refractivity contribution in [2.45, 2.75) is 4.90 Å². The summed E-state index contributed by atoms with van der Waals surface area (Å²) in [6, 6.07) is 3.75. The number of aryl methyl sites for hydroxylation is 1. The van der Waals surface area contributed by atoms with Gasteiger partial charge in [0.25, 0.3) is 0 Å². The van der Waals surface area contributed by atoms with Gasteiger partial charge in [0.1, 0.15) is 0 Å². The van der Waals surface area contributed by atoms with Crippen LogP contribution < -0.4 is 0 Å². The summed E-state index contributed by atoms with van der Waals surface area (Å²) in [5.41, 5.74) is 0.903. The first-order chi connectivity index (χ1) is 5.68. The van der Waals surface area contributed by atoms with Crippen molar-refractivity contribution in [1.82, 2.24) is 9.78 Å². The van der Waals surface area contributed by atoms with Gasteiger partial charge < -0.3 is 0 Å². The van der Waals surface area contributed by atoms with E-state index < -0.39 is 0 Å². The number of thiol groups is 1. The van der Waals surface area contributed by atoms with Crippen molar-refractivity contribution in [3.63, 3.8) is 0 Å². The summed E-state index contributed by atoms with van der Waals surface area (Å²) >= 11 is 10.2. The van der Waals surface area contributed by atoms with E-state index in [2.05, 4.69) is 17.7 Å². The summed E-state index contributed by atoms with van der Waals surface area (Å²) in [5, 5.41) is 5.83. The van der Waals surface area contributed by atoms with Gasteiger partial charge >= 0.3 is 29.6 Å². The van der Waals surface area contributed by atoms with Crippen molar-refractivity contribution >= 4 is 64.7 Å². The summed E-state index contributed by atoms with van der Waals surface area (Å²) in [6.45, 7) is 0. The summed E-state index contributed by atoms with van der Waals surface area (Å²) in [7, 11) is 1.87. The molecule has 0 atom stereocenters. The van der Waals surface area contributed by atoms with Crippen LogP contribution in [0.15, 0.2) is 23.2 Å². The van der Waals surface area contributed by atoms with Gasteiger partial charge in [-0.3, -0.25) is 4.68 Å². The topological polar surface area (TPSA) is 17.8 Å². The van der Waals surface area contributed by atoms with Crippen molar-refractivity contribution in [3.8, 4) is 0 Å². The molecule has 0 bridgehead atoms. The van der Waals surface area contributed by atoms with Crippen LogP contribution in [-0.2, 0) is 7.05 Å². The van der Waals surface area contributed by atoms with Crippen molar-refractivity contribution < 1.29 is 0 Å². The number of hydrogen-bond donors (Lipinski definition) is 1. The zero-order chi connectivity index (χ0) is 8.72. The quantitative estimate of drug-likeness (QED) is 0.532. The number of nitrogens with zero attached hydrogens (tertiary/aromatic N) is 2. The van der Waals surface area contributed by atoms with E-state index >= 15 is 0 Å². The van der Waals surface area contributed by atoms with Gasteiger partial charge in [0, 0.05) is 23.5 Å². The van der Waals surface area contributed by atoms with Gasteiger partial charge in [0.05, 0.1) is 10.5 Å². The third-order valence-electron chi connectivity index (χ3n) is 1.72. The first kappa shape index (κ1) is 11.4. The zero-order valence-corrected chi connectivity index (χ0v) is 8.10. The molecule has 1 aromatic carbocycles. The Morgan fingerprint density at radius 2 is 2.15 bits per heavy atom. The number of fused-ring (bicyclic) bond motifs is 1. The van der Waals surface area contributed by atoms with Crippen LogP contribution in [0, 0.1) is 0 Å². The van der Waals surface area contributed by atoms with Crippen LogP contribution in [0.4, 0.5) is 0 Å². The molecule has 1 aromatic heterocycles. The molecular weight excluding hydrogens is 215 g/mol. The number of halogens is 1. The zero-order valence-electron chi connectivity index (χ0n) is 6.45. The van der Waals surface area contributed by atoms with Crippen molar-refractivity contribution in [1.29, 1.82) is 0 Å². The van der Waals surface area contributed by atoms with Crippen LogP contribution in [0.2, 0.25) is 5.02 Å². The van der Waals surface area contributed by atoms with Gasteiger partial charge in [0.2, 0.25) is 0 Å². The van der Waals surface area contributed by atoms with Gasteiger partial charge in [-0.05, 0) is 12.1 Å². The van der Waals surface area contributed by atoms with E-state index in [0.717, 1.165) is 15.8 Å². The Hall–Kier alpha value is 0.330. The first-order valence-corrected chi connectivity index (χ1v) is 4.32. The van der Waals surface area contributed by atoms with E-state index in [0.29, 0.717) is 5.02 Å². The normalized spacial score (nSPS) is 10.1. The average molecular weight is 223 g/mol. The molecule has 5 heteroatoms. The third-order valence-corrected chi connectivity index (χ3v) is 2.63. The van der Waals surface area contributed by atoms with Gasteiger partial charge in [-0.1, -0.05) is 11.6 Å². The van der Waals surface area contributed by atoms with Crippen LogP contribution in [0.25, 0.3) is 10.9 Å². The number of rotatable bonds is 0. The van der Waals surface area contributed by atoms with E-state index in [-0.39, 0.29) is 29.6 Å². The van der Waals surface area contributed by atoms with Crippen LogP contribution in [0.5, 0.6) is 0 Å². The molecule has 0 saturated heterocycles. The van der Waals surface area contributed by atoms with E-state index in [1.807, 2.05) is 25.4 Å². The van der Waals surface area contributed by atoms with Crippen LogP contribution in [0.1, 0.15) is 0 Å². The number of aromatic nitrogens is 2. The molecule has 0 N–H and O–H groups in total. The molecule has 0 aliphatic heterocycles. The number of hydrogen-bond acceptors (Lipinski definition) is 2. The SMILES string of the molecule is Cn1cc2c(Cl)c(S)ccc2n1.[NaH]. The first-order valence-electron chi connectivity index (χ1n) is 3.49. The van der Waals surface area contributed by atoms with E-state index in [1.54, 1.807) is 4.68 Å². The Balaban J connectivity index is 0.000000845. The summed E-state index contributed by atoms with van der Waals surface area (Å²) in [4.78, 5) is 0.789. The molecule has 0 spiro atoms. The maximum atomic E-state index is 6.01. The molecular formula is C8H8ClN2NaS. The Morgan fingerprint density at radius 3 is 2.85 bits per heavy atom. The van der Waals surface area contributed by atoms with Gasteiger partial charge in [-0.25, -0.2) is 0 Å². The molecule has 0 aliphatic rings. The fraction of sp³-hybridized carbons (Fsp3) is 0.125. The summed E-state index contributed by atoms with van der Waals surface area (Å²) in [5.74, 6) is 0. The van der Waals surface area contributed by atoms with Crippen LogP contribution in [-0.4, -0.2) is 39.3 Å². The molecule has 0 amide bonds. The molecule has 0 fully saturated rings. The second-order valence-electron chi connectivity index (χ2n) is 2.63. The second kappa shape index (κ2) is 4.24. The average Bonchev–Trinajstić information content (AvgIpc) is 2.39. The molecule has 0 aliphatic carbocycles. The monoisotopic (exact) mass is 222 g/mol. The predicted octanol–water partition coefficient (Wildman–Crippen LogP) is 1.87.